The fraction of sp³-hybridized carbons (Fsp3) is 0.632. The summed E-state index contributed by atoms with van der Waals surface area (Å²) in [7, 11) is 0. The smallest absolute Gasteiger partial charge is 0.222 e. The van der Waals surface area contributed by atoms with E-state index in [-0.39, 0.29) is 0 Å². The Morgan fingerprint density at radius 2 is 2.04 bits per heavy atom. The van der Waals surface area contributed by atoms with Crippen molar-refractivity contribution >= 4 is 5.91 Å². The Hall–Kier alpha value is -1.49. The van der Waals surface area contributed by atoms with Crippen molar-refractivity contribution in [3.05, 3.63) is 35.4 Å². The van der Waals surface area contributed by atoms with Gasteiger partial charge in [0.1, 0.15) is 0 Å². The first-order valence-electron chi connectivity index (χ1n) is 9.04. The van der Waals surface area contributed by atoms with Crippen LogP contribution in [0.15, 0.2) is 18.2 Å². The van der Waals surface area contributed by atoms with Crippen molar-refractivity contribution < 1.29 is 13.6 Å². The molecule has 132 valence electrons. The number of carbonyl (C=O) groups is 1. The number of nitrogens with zero attached hydrogens (tertiary/aromatic N) is 2. The molecule has 1 amide bonds. The summed E-state index contributed by atoms with van der Waals surface area (Å²) < 4.78 is 26.4. The first kappa shape index (κ1) is 17.3. The summed E-state index contributed by atoms with van der Waals surface area (Å²) >= 11 is 0. The Bertz CT molecular complexity index is 593. The van der Waals surface area contributed by atoms with Gasteiger partial charge in [-0.25, -0.2) is 8.78 Å². The summed E-state index contributed by atoms with van der Waals surface area (Å²) in [5.74, 6) is -0.774. The fourth-order valence-corrected chi connectivity index (χ4v) is 4.09. The maximum absolute atomic E-state index is 13.4. The standard InChI is InChI=1S/C19H26F2N2O/c1-2-3-9-23-18-8-10-22(13-15(18)5-7-19(23)24)12-14-4-6-16(20)17(21)11-14/h4,6,11,15,18H,2-3,5,7-10,12-13H2,1H3/t15-,18+/m0/s1. The van der Waals surface area contributed by atoms with Gasteiger partial charge in [-0.05, 0) is 42.9 Å². The molecule has 2 atom stereocenters. The van der Waals surface area contributed by atoms with E-state index in [2.05, 4.69) is 16.7 Å². The Kier molecular flexibility index (Phi) is 5.49. The largest absolute Gasteiger partial charge is 0.339 e. The molecular formula is C19H26F2N2O. The molecule has 3 rings (SSSR count). The third-order valence-electron chi connectivity index (χ3n) is 5.37. The van der Waals surface area contributed by atoms with Crippen LogP contribution in [-0.2, 0) is 11.3 Å². The van der Waals surface area contributed by atoms with E-state index in [9.17, 15) is 13.6 Å². The van der Waals surface area contributed by atoms with Gasteiger partial charge in [0, 0.05) is 38.6 Å². The lowest BCUT2D eigenvalue weighted by Crippen LogP contribution is -2.55. The minimum atomic E-state index is -0.796. The highest BCUT2D eigenvalue weighted by Crippen LogP contribution is 2.32. The van der Waals surface area contributed by atoms with Crippen LogP contribution in [0.3, 0.4) is 0 Å². The summed E-state index contributed by atoms with van der Waals surface area (Å²) in [6.45, 7) is 5.50. The molecule has 2 aliphatic rings. The zero-order valence-electron chi connectivity index (χ0n) is 14.3. The molecule has 1 aromatic carbocycles. The van der Waals surface area contributed by atoms with Gasteiger partial charge >= 0.3 is 0 Å². The van der Waals surface area contributed by atoms with Crippen LogP contribution in [0.1, 0.15) is 44.6 Å². The average molecular weight is 336 g/mol. The molecule has 0 bridgehead atoms. The van der Waals surface area contributed by atoms with E-state index in [4.69, 9.17) is 0 Å². The average Bonchev–Trinajstić information content (AvgIpc) is 2.57. The van der Waals surface area contributed by atoms with E-state index >= 15 is 0 Å². The van der Waals surface area contributed by atoms with Crippen LogP contribution in [0.2, 0.25) is 0 Å². The second kappa shape index (κ2) is 7.60. The Morgan fingerprint density at radius 3 is 2.79 bits per heavy atom. The number of hydrogen-bond donors (Lipinski definition) is 0. The van der Waals surface area contributed by atoms with Crippen LogP contribution in [-0.4, -0.2) is 41.4 Å². The molecule has 0 unspecified atom stereocenters. The van der Waals surface area contributed by atoms with Crippen molar-refractivity contribution in [1.29, 1.82) is 0 Å². The van der Waals surface area contributed by atoms with Gasteiger partial charge in [0.15, 0.2) is 11.6 Å². The summed E-state index contributed by atoms with van der Waals surface area (Å²) in [5.41, 5.74) is 0.807. The van der Waals surface area contributed by atoms with Gasteiger partial charge in [0.2, 0.25) is 5.91 Å². The van der Waals surface area contributed by atoms with Gasteiger partial charge in [-0.15, -0.1) is 0 Å². The number of piperidine rings is 2. The first-order chi connectivity index (χ1) is 11.6. The Morgan fingerprint density at radius 1 is 1.21 bits per heavy atom. The molecule has 0 saturated carbocycles. The number of benzene rings is 1. The number of amides is 1. The van der Waals surface area contributed by atoms with Gasteiger partial charge < -0.3 is 4.90 Å². The van der Waals surface area contributed by atoms with Crippen molar-refractivity contribution in [3.8, 4) is 0 Å². The second-order valence-electron chi connectivity index (χ2n) is 7.08. The Balaban J connectivity index is 1.62. The quantitative estimate of drug-likeness (QED) is 0.820. The molecule has 2 saturated heterocycles. The molecule has 3 nitrogen and oxygen atoms in total. The van der Waals surface area contributed by atoms with Crippen molar-refractivity contribution in [2.75, 3.05) is 19.6 Å². The molecule has 2 heterocycles. The predicted molar refractivity (Wildman–Crippen MR) is 89.4 cm³/mol. The highest BCUT2D eigenvalue weighted by Gasteiger charge is 2.38. The lowest BCUT2D eigenvalue weighted by atomic mass is 9.83. The van der Waals surface area contributed by atoms with Gasteiger partial charge in [-0.1, -0.05) is 19.4 Å². The molecule has 0 N–H and O–H groups in total. The van der Waals surface area contributed by atoms with Crippen LogP contribution in [0.25, 0.3) is 0 Å². The fourth-order valence-electron chi connectivity index (χ4n) is 4.09. The van der Waals surface area contributed by atoms with Crippen LogP contribution in [0, 0.1) is 17.6 Å². The molecule has 24 heavy (non-hydrogen) atoms. The summed E-state index contributed by atoms with van der Waals surface area (Å²) in [6.07, 6.45) is 4.73. The van der Waals surface area contributed by atoms with Crippen LogP contribution in [0.5, 0.6) is 0 Å². The lowest BCUT2D eigenvalue weighted by molar-refractivity contribution is -0.141. The maximum Gasteiger partial charge on any atom is 0.222 e. The summed E-state index contributed by atoms with van der Waals surface area (Å²) in [5, 5.41) is 0. The van der Waals surface area contributed by atoms with Crippen molar-refractivity contribution in [2.45, 2.75) is 51.6 Å². The monoisotopic (exact) mass is 336 g/mol. The minimum absolute atomic E-state index is 0.304. The zero-order valence-corrected chi connectivity index (χ0v) is 14.3. The molecule has 2 aliphatic heterocycles. The third-order valence-corrected chi connectivity index (χ3v) is 5.37. The van der Waals surface area contributed by atoms with E-state index < -0.39 is 11.6 Å². The summed E-state index contributed by atoms with van der Waals surface area (Å²) in [4.78, 5) is 16.6. The Labute approximate surface area is 142 Å². The highest BCUT2D eigenvalue weighted by molar-refractivity contribution is 5.77. The maximum atomic E-state index is 13.4. The third kappa shape index (κ3) is 3.77. The van der Waals surface area contributed by atoms with E-state index in [0.717, 1.165) is 50.9 Å². The van der Waals surface area contributed by atoms with E-state index in [1.54, 1.807) is 6.07 Å². The van der Waals surface area contributed by atoms with E-state index in [0.29, 0.717) is 30.8 Å². The van der Waals surface area contributed by atoms with Crippen molar-refractivity contribution in [3.63, 3.8) is 0 Å². The SMILES string of the molecule is CCCCN1C(=O)CC[C@H]2CN(Cc3ccc(F)c(F)c3)CC[C@H]21. The predicted octanol–water partition coefficient (Wildman–Crippen LogP) is 3.58. The number of rotatable bonds is 5. The number of likely N-dealkylation sites (tertiary alicyclic amines) is 2. The van der Waals surface area contributed by atoms with Gasteiger partial charge in [-0.3, -0.25) is 9.69 Å². The van der Waals surface area contributed by atoms with Gasteiger partial charge in [-0.2, -0.15) is 0 Å². The topological polar surface area (TPSA) is 23.6 Å². The van der Waals surface area contributed by atoms with Gasteiger partial charge in [0.25, 0.3) is 0 Å². The molecule has 0 spiro atoms. The van der Waals surface area contributed by atoms with Crippen LogP contribution >= 0.6 is 0 Å². The van der Waals surface area contributed by atoms with E-state index in [1.165, 1.54) is 12.1 Å². The molecule has 0 aliphatic carbocycles. The number of carbonyl (C=O) groups excluding carboxylic acids is 1. The highest BCUT2D eigenvalue weighted by atomic mass is 19.2. The normalized spacial score (nSPS) is 25.0. The zero-order chi connectivity index (χ0) is 17.1. The molecule has 0 radical (unpaired) electrons. The number of fused-ring (bicyclic) bond motifs is 1. The van der Waals surface area contributed by atoms with Gasteiger partial charge in [0.05, 0.1) is 0 Å². The molecule has 0 aromatic heterocycles. The first-order valence-corrected chi connectivity index (χ1v) is 9.04. The molecule has 1 aromatic rings. The van der Waals surface area contributed by atoms with Crippen molar-refractivity contribution in [1.82, 2.24) is 9.80 Å². The van der Waals surface area contributed by atoms with Crippen LogP contribution in [0.4, 0.5) is 8.78 Å². The number of unbranched alkanes of at least 4 members (excludes halogenated alkanes) is 1. The molecule has 2 fully saturated rings. The summed E-state index contributed by atoms with van der Waals surface area (Å²) in [6, 6.07) is 4.50. The van der Waals surface area contributed by atoms with Crippen molar-refractivity contribution in [2.24, 2.45) is 5.92 Å². The lowest BCUT2D eigenvalue weighted by Gasteiger charge is -2.47. The van der Waals surface area contributed by atoms with Crippen LogP contribution < -0.4 is 0 Å². The molecule has 5 heteroatoms. The minimum Gasteiger partial charge on any atom is -0.339 e. The number of hydrogen-bond acceptors (Lipinski definition) is 2. The molecular weight excluding hydrogens is 310 g/mol. The second-order valence-corrected chi connectivity index (χ2v) is 7.08. The number of halogens is 2. The van der Waals surface area contributed by atoms with E-state index in [1.807, 2.05) is 0 Å².